The smallest absolute Gasteiger partial charge is 0.103 e. The third-order valence-corrected chi connectivity index (χ3v) is 2.94. The van der Waals surface area contributed by atoms with Crippen molar-refractivity contribution in [2.24, 2.45) is 0 Å². The molecule has 0 bridgehead atoms. The molecule has 2 heterocycles. The summed E-state index contributed by atoms with van der Waals surface area (Å²) in [5.74, 6) is 0. The second-order valence-corrected chi connectivity index (χ2v) is 4.77. The predicted molar refractivity (Wildman–Crippen MR) is 67.9 cm³/mol. The van der Waals surface area contributed by atoms with Crippen LogP contribution in [0.25, 0.3) is 16.6 Å². The van der Waals surface area contributed by atoms with E-state index in [2.05, 4.69) is 9.38 Å². The van der Waals surface area contributed by atoms with E-state index in [0.717, 1.165) is 16.6 Å². The third-order valence-electron chi connectivity index (χ3n) is 2.94. The second-order valence-electron chi connectivity index (χ2n) is 4.77. The first kappa shape index (κ1) is 10.3. The van der Waals surface area contributed by atoms with Crippen LogP contribution in [-0.4, -0.2) is 14.5 Å². The number of fused-ring (bicyclic) bond motifs is 3. The van der Waals surface area contributed by atoms with Crippen LogP contribution >= 0.6 is 0 Å². The number of hydrogen-bond acceptors (Lipinski definition) is 2. The van der Waals surface area contributed by atoms with Gasteiger partial charge >= 0.3 is 0 Å². The van der Waals surface area contributed by atoms with Gasteiger partial charge in [0.25, 0.3) is 0 Å². The van der Waals surface area contributed by atoms with Crippen molar-refractivity contribution in [1.82, 2.24) is 9.38 Å². The average molecular weight is 226 g/mol. The molecule has 0 aliphatic heterocycles. The lowest BCUT2D eigenvalue weighted by atomic mass is 10.0. The summed E-state index contributed by atoms with van der Waals surface area (Å²) in [7, 11) is 0. The topological polar surface area (TPSA) is 37.5 Å². The van der Waals surface area contributed by atoms with Crippen LogP contribution in [0.5, 0.6) is 0 Å². The van der Waals surface area contributed by atoms with Crippen molar-refractivity contribution in [3.8, 4) is 0 Å². The minimum Gasteiger partial charge on any atom is -0.384 e. The summed E-state index contributed by atoms with van der Waals surface area (Å²) in [4.78, 5) is 4.58. The van der Waals surface area contributed by atoms with Crippen LogP contribution in [0.3, 0.4) is 0 Å². The minimum absolute atomic E-state index is 0.709. The summed E-state index contributed by atoms with van der Waals surface area (Å²) < 4.78 is 2.07. The van der Waals surface area contributed by atoms with Gasteiger partial charge in [-0.05, 0) is 38.1 Å². The molecule has 0 aliphatic carbocycles. The largest absolute Gasteiger partial charge is 0.384 e. The molecule has 0 radical (unpaired) electrons. The van der Waals surface area contributed by atoms with E-state index in [-0.39, 0.29) is 0 Å². The Morgan fingerprint density at radius 3 is 2.53 bits per heavy atom. The monoisotopic (exact) mass is 226 g/mol. The molecule has 3 nitrogen and oxygen atoms in total. The Balaban J connectivity index is 2.53. The van der Waals surface area contributed by atoms with Gasteiger partial charge in [-0.25, -0.2) is 4.98 Å². The first-order chi connectivity index (χ1) is 8.07. The molecular weight excluding hydrogens is 212 g/mol. The Kier molecular flexibility index (Phi) is 2.00. The molecule has 3 aromatic rings. The van der Waals surface area contributed by atoms with Gasteiger partial charge in [0.15, 0.2) is 0 Å². The van der Waals surface area contributed by atoms with E-state index in [0.29, 0.717) is 5.69 Å². The number of nitrogens with zero attached hydrogens (tertiary/aromatic N) is 2. The molecular formula is C14H14N2O. The van der Waals surface area contributed by atoms with Crippen LogP contribution in [0.15, 0.2) is 42.6 Å². The van der Waals surface area contributed by atoms with E-state index in [1.165, 1.54) is 0 Å². The van der Waals surface area contributed by atoms with Gasteiger partial charge in [-0.2, -0.15) is 0 Å². The summed E-state index contributed by atoms with van der Waals surface area (Å²) in [5, 5.41) is 10.2. The standard InChI is InChI=1S/C14H14N2O/c1-14(2,17)13-12-8-5-9-16(12)11-7-4-3-6-10(11)15-13/h3-9,17H,1-2H3. The molecule has 3 heteroatoms. The molecule has 2 aromatic heterocycles. The van der Waals surface area contributed by atoms with Crippen LogP contribution in [0, 0.1) is 0 Å². The van der Waals surface area contributed by atoms with Crippen molar-refractivity contribution < 1.29 is 5.11 Å². The van der Waals surface area contributed by atoms with Gasteiger partial charge in [0.2, 0.25) is 0 Å². The van der Waals surface area contributed by atoms with E-state index in [4.69, 9.17) is 0 Å². The highest BCUT2D eigenvalue weighted by Gasteiger charge is 2.22. The highest BCUT2D eigenvalue weighted by Crippen LogP contribution is 2.26. The number of aromatic nitrogens is 2. The van der Waals surface area contributed by atoms with Crippen molar-refractivity contribution >= 4 is 16.6 Å². The summed E-state index contributed by atoms with van der Waals surface area (Å²) in [6, 6.07) is 11.9. The molecule has 17 heavy (non-hydrogen) atoms. The van der Waals surface area contributed by atoms with Crippen molar-refractivity contribution in [2.75, 3.05) is 0 Å². The van der Waals surface area contributed by atoms with Crippen molar-refractivity contribution in [1.29, 1.82) is 0 Å². The molecule has 0 saturated carbocycles. The van der Waals surface area contributed by atoms with Crippen LogP contribution in [0.1, 0.15) is 19.5 Å². The summed E-state index contributed by atoms with van der Waals surface area (Å²) in [6.07, 6.45) is 1.99. The number of rotatable bonds is 1. The van der Waals surface area contributed by atoms with Crippen LogP contribution in [0.4, 0.5) is 0 Å². The summed E-state index contributed by atoms with van der Waals surface area (Å²) in [6.45, 7) is 3.52. The van der Waals surface area contributed by atoms with Crippen LogP contribution in [-0.2, 0) is 5.60 Å². The Morgan fingerprint density at radius 2 is 1.76 bits per heavy atom. The number of para-hydroxylation sites is 2. The van der Waals surface area contributed by atoms with E-state index in [1.54, 1.807) is 13.8 Å². The Hall–Kier alpha value is -1.87. The molecule has 3 rings (SSSR count). The quantitative estimate of drug-likeness (QED) is 0.692. The van der Waals surface area contributed by atoms with Crippen molar-refractivity contribution in [3.63, 3.8) is 0 Å². The fourth-order valence-electron chi connectivity index (χ4n) is 2.17. The molecule has 0 spiro atoms. The Morgan fingerprint density at radius 1 is 1.06 bits per heavy atom. The van der Waals surface area contributed by atoms with E-state index < -0.39 is 5.60 Å². The molecule has 86 valence electrons. The minimum atomic E-state index is -0.941. The fourth-order valence-corrected chi connectivity index (χ4v) is 2.17. The maximum Gasteiger partial charge on any atom is 0.103 e. The molecule has 1 aromatic carbocycles. The first-order valence-corrected chi connectivity index (χ1v) is 5.66. The van der Waals surface area contributed by atoms with Gasteiger partial charge in [0, 0.05) is 6.20 Å². The molecule has 0 saturated heterocycles. The molecule has 0 fully saturated rings. The highest BCUT2D eigenvalue weighted by atomic mass is 16.3. The SMILES string of the molecule is CC(C)(O)c1nc2ccccc2n2cccc12. The lowest BCUT2D eigenvalue weighted by Gasteiger charge is -2.19. The Bertz CT molecular complexity index is 692. The molecule has 1 N–H and O–H groups in total. The summed E-state index contributed by atoms with van der Waals surface area (Å²) in [5.41, 5.74) is 2.68. The van der Waals surface area contributed by atoms with E-state index >= 15 is 0 Å². The summed E-state index contributed by atoms with van der Waals surface area (Å²) >= 11 is 0. The Labute approximate surface area is 99.3 Å². The van der Waals surface area contributed by atoms with Gasteiger partial charge in [0.1, 0.15) is 5.60 Å². The first-order valence-electron chi connectivity index (χ1n) is 5.66. The maximum atomic E-state index is 10.2. The zero-order valence-corrected chi connectivity index (χ0v) is 9.88. The second kappa shape index (κ2) is 3.31. The van der Waals surface area contributed by atoms with Crippen LogP contribution < -0.4 is 0 Å². The third kappa shape index (κ3) is 1.51. The lowest BCUT2D eigenvalue weighted by molar-refractivity contribution is 0.0755. The van der Waals surface area contributed by atoms with E-state index in [1.807, 2.05) is 42.6 Å². The molecule has 0 unspecified atom stereocenters. The van der Waals surface area contributed by atoms with Crippen LogP contribution in [0.2, 0.25) is 0 Å². The van der Waals surface area contributed by atoms with Gasteiger partial charge < -0.3 is 9.51 Å². The number of benzene rings is 1. The van der Waals surface area contributed by atoms with E-state index in [9.17, 15) is 5.11 Å². The zero-order valence-electron chi connectivity index (χ0n) is 9.88. The zero-order chi connectivity index (χ0) is 12.0. The predicted octanol–water partition coefficient (Wildman–Crippen LogP) is 2.71. The van der Waals surface area contributed by atoms with Crippen molar-refractivity contribution in [2.45, 2.75) is 19.4 Å². The number of aliphatic hydroxyl groups is 1. The van der Waals surface area contributed by atoms with Gasteiger partial charge in [-0.1, -0.05) is 12.1 Å². The molecule has 0 aliphatic rings. The van der Waals surface area contributed by atoms with Gasteiger partial charge in [-0.3, -0.25) is 0 Å². The normalized spacial score (nSPS) is 12.4. The maximum absolute atomic E-state index is 10.2. The number of hydrogen-bond donors (Lipinski definition) is 1. The average Bonchev–Trinajstić information content (AvgIpc) is 2.75. The molecule has 0 atom stereocenters. The van der Waals surface area contributed by atoms with Gasteiger partial charge in [-0.15, -0.1) is 0 Å². The van der Waals surface area contributed by atoms with Gasteiger partial charge in [0.05, 0.1) is 22.2 Å². The lowest BCUT2D eigenvalue weighted by Crippen LogP contribution is -2.19. The fraction of sp³-hybridized carbons (Fsp3) is 0.214. The molecule has 0 amide bonds. The van der Waals surface area contributed by atoms with Crippen molar-refractivity contribution in [3.05, 3.63) is 48.3 Å². The highest BCUT2D eigenvalue weighted by molar-refractivity contribution is 5.80.